The van der Waals surface area contributed by atoms with E-state index < -0.39 is 0 Å². The maximum Gasteiger partial charge on any atom is 0.322 e. The number of nitrogens with zero attached hydrogens (tertiary/aromatic N) is 2. The molecule has 0 heterocycles. The van der Waals surface area contributed by atoms with Crippen LogP contribution in [0.3, 0.4) is 0 Å². The minimum absolute atomic E-state index is 0.0573. The molecule has 0 aliphatic rings. The zero-order chi connectivity index (χ0) is 17.5. The first kappa shape index (κ1) is 18.0. The molecule has 0 aliphatic carbocycles. The van der Waals surface area contributed by atoms with Gasteiger partial charge in [-0.3, -0.25) is 0 Å². The second kappa shape index (κ2) is 8.50. The van der Waals surface area contributed by atoms with E-state index in [0.717, 1.165) is 28.9 Å². The fourth-order valence-corrected chi connectivity index (χ4v) is 2.57. The van der Waals surface area contributed by atoms with E-state index in [9.17, 15) is 4.79 Å². The van der Waals surface area contributed by atoms with Crippen LogP contribution in [0.4, 0.5) is 10.5 Å². The molecule has 0 saturated carbocycles. The maximum absolute atomic E-state index is 12.8. The molecule has 4 nitrogen and oxygen atoms in total. The highest BCUT2D eigenvalue weighted by Gasteiger charge is 2.16. The van der Waals surface area contributed by atoms with Gasteiger partial charge in [0.05, 0.1) is 0 Å². The Hall–Kier alpha value is -2.33. The Bertz CT molecular complexity index is 648. The summed E-state index contributed by atoms with van der Waals surface area (Å²) in [5, 5.41) is 3.09. The monoisotopic (exact) mass is 325 g/mol. The van der Waals surface area contributed by atoms with Gasteiger partial charge >= 0.3 is 6.03 Å². The van der Waals surface area contributed by atoms with Crippen LogP contribution in [0, 0.1) is 13.8 Å². The predicted molar refractivity (Wildman–Crippen MR) is 100 cm³/mol. The fraction of sp³-hybridized carbons (Fsp3) is 0.350. The van der Waals surface area contributed by atoms with Crippen LogP contribution in [0.1, 0.15) is 16.7 Å². The Balaban J connectivity index is 2.14. The van der Waals surface area contributed by atoms with E-state index in [0.29, 0.717) is 13.1 Å². The lowest BCUT2D eigenvalue weighted by Gasteiger charge is -2.25. The van der Waals surface area contributed by atoms with Gasteiger partial charge in [0.2, 0.25) is 0 Å². The van der Waals surface area contributed by atoms with Gasteiger partial charge in [0.1, 0.15) is 0 Å². The number of hydrogen-bond acceptors (Lipinski definition) is 2. The van der Waals surface area contributed by atoms with Gasteiger partial charge in [0.25, 0.3) is 0 Å². The molecular formula is C20H27N3O. The van der Waals surface area contributed by atoms with Crippen LogP contribution < -0.4 is 5.32 Å². The molecule has 24 heavy (non-hydrogen) atoms. The number of para-hydroxylation sites is 1. The topological polar surface area (TPSA) is 35.6 Å². The molecule has 0 unspecified atom stereocenters. The third-order valence-electron chi connectivity index (χ3n) is 4.03. The van der Waals surface area contributed by atoms with Crippen molar-refractivity contribution in [2.45, 2.75) is 20.4 Å². The first-order valence-electron chi connectivity index (χ1n) is 8.28. The lowest BCUT2D eigenvalue weighted by atomic mass is 10.1. The molecule has 2 amide bonds. The van der Waals surface area contributed by atoms with Gasteiger partial charge in [-0.05, 0) is 44.6 Å². The van der Waals surface area contributed by atoms with Crippen molar-refractivity contribution in [3.8, 4) is 0 Å². The molecule has 2 aromatic rings. The molecule has 0 atom stereocenters. The summed E-state index contributed by atoms with van der Waals surface area (Å²) in [5.74, 6) is 0. The first-order valence-corrected chi connectivity index (χ1v) is 8.28. The van der Waals surface area contributed by atoms with Gasteiger partial charge in [-0.25, -0.2) is 4.79 Å². The number of anilines is 1. The number of carbonyl (C=O) groups is 1. The van der Waals surface area contributed by atoms with Crippen LogP contribution in [0.5, 0.6) is 0 Å². The summed E-state index contributed by atoms with van der Waals surface area (Å²) in [6.07, 6.45) is 0. The molecule has 4 heteroatoms. The molecule has 0 fully saturated rings. The highest BCUT2D eigenvalue weighted by Crippen LogP contribution is 2.20. The SMILES string of the molecule is Cc1cccc(C)c1NC(=O)N(CCN(C)C)Cc1ccccc1. The molecule has 128 valence electrons. The summed E-state index contributed by atoms with van der Waals surface area (Å²) in [6.45, 7) is 6.14. The zero-order valence-electron chi connectivity index (χ0n) is 15.0. The van der Waals surface area contributed by atoms with Crippen LogP contribution in [0.2, 0.25) is 0 Å². The lowest BCUT2D eigenvalue weighted by Crippen LogP contribution is -2.39. The van der Waals surface area contributed by atoms with Crippen molar-refractivity contribution in [3.63, 3.8) is 0 Å². The van der Waals surface area contributed by atoms with E-state index in [1.165, 1.54) is 0 Å². The minimum atomic E-state index is -0.0573. The van der Waals surface area contributed by atoms with Crippen molar-refractivity contribution in [1.82, 2.24) is 9.80 Å². The number of likely N-dealkylation sites (N-methyl/N-ethyl adjacent to an activating group) is 1. The number of amides is 2. The standard InChI is InChI=1S/C20H27N3O/c1-16-9-8-10-17(2)19(16)21-20(24)23(14-13-22(3)4)15-18-11-6-5-7-12-18/h5-12H,13-15H2,1-4H3,(H,21,24). The van der Waals surface area contributed by atoms with Crippen molar-refractivity contribution < 1.29 is 4.79 Å². The average Bonchev–Trinajstić information content (AvgIpc) is 2.55. The Morgan fingerprint density at radius 2 is 1.54 bits per heavy atom. The largest absolute Gasteiger partial charge is 0.322 e. The number of urea groups is 1. The Kier molecular flexibility index (Phi) is 6.38. The molecule has 0 aromatic heterocycles. The molecule has 2 aromatic carbocycles. The fourth-order valence-electron chi connectivity index (χ4n) is 2.57. The highest BCUT2D eigenvalue weighted by atomic mass is 16.2. The second-order valence-corrected chi connectivity index (χ2v) is 6.41. The van der Waals surface area contributed by atoms with Crippen LogP contribution in [-0.2, 0) is 6.54 Å². The summed E-state index contributed by atoms with van der Waals surface area (Å²) >= 11 is 0. The van der Waals surface area contributed by atoms with Gasteiger partial charge in [0.15, 0.2) is 0 Å². The number of nitrogens with one attached hydrogen (secondary N) is 1. The van der Waals surface area contributed by atoms with Crippen molar-refractivity contribution in [1.29, 1.82) is 0 Å². The molecule has 0 saturated heterocycles. The Labute approximate surface area is 145 Å². The molecule has 2 rings (SSSR count). The number of benzene rings is 2. The normalized spacial score (nSPS) is 10.7. The van der Waals surface area contributed by atoms with Crippen LogP contribution in [0.25, 0.3) is 0 Å². The van der Waals surface area contributed by atoms with Crippen molar-refractivity contribution in [2.24, 2.45) is 0 Å². The van der Waals surface area contributed by atoms with E-state index in [1.54, 1.807) is 0 Å². The predicted octanol–water partition coefficient (Wildman–Crippen LogP) is 3.90. The smallest absolute Gasteiger partial charge is 0.319 e. The molecular weight excluding hydrogens is 298 g/mol. The van der Waals surface area contributed by atoms with Gasteiger partial charge in [0, 0.05) is 25.3 Å². The van der Waals surface area contributed by atoms with Crippen LogP contribution >= 0.6 is 0 Å². The summed E-state index contributed by atoms with van der Waals surface area (Å²) < 4.78 is 0. The van der Waals surface area contributed by atoms with Gasteiger partial charge in [-0.2, -0.15) is 0 Å². The Morgan fingerprint density at radius 3 is 2.12 bits per heavy atom. The average molecular weight is 325 g/mol. The third kappa shape index (κ3) is 5.10. The van der Waals surface area contributed by atoms with Gasteiger partial charge in [-0.1, -0.05) is 48.5 Å². The van der Waals surface area contributed by atoms with E-state index >= 15 is 0 Å². The van der Waals surface area contributed by atoms with Gasteiger partial charge < -0.3 is 15.1 Å². The molecule has 0 spiro atoms. The summed E-state index contributed by atoms with van der Waals surface area (Å²) in [6, 6.07) is 16.1. The van der Waals surface area contributed by atoms with E-state index in [1.807, 2.05) is 69.2 Å². The number of rotatable bonds is 6. The second-order valence-electron chi connectivity index (χ2n) is 6.41. The highest BCUT2D eigenvalue weighted by molar-refractivity contribution is 5.91. The van der Waals surface area contributed by atoms with Crippen molar-refractivity contribution in [3.05, 3.63) is 65.2 Å². The molecule has 1 N–H and O–H groups in total. The summed E-state index contributed by atoms with van der Waals surface area (Å²) in [7, 11) is 4.04. The Morgan fingerprint density at radius 1 is 0.917 bits per heavy atom. The number of hydrogen-bond donors (Lipinski definition) is 1. The van der Waals surface area contributed by atoms with Gasteiger partial charge in [-0.15, -0.1) is 0 Å². The number of aryl methyl sites for hydroxylation is 2. The number of carbonyl (C=O) groups excluding carboxylic acids is 1. The first-order chi connectivity index (χ1) is 11.5. The maximum atomic E-state index is 12.8. The van der Waals surface area contributed by atoms with E-state index in [4.69, 9.17) is 0 Å². The van der Waals surface area contributed by atoms with Crippen molar-refractivity contribution in [2.75, 3.05) is 32.5 Å². The van der Waals surface area contributed by atoms with Crippen LogP contribution in [-0.4, -0.2) is 43.0 Å². The van der Waals surface area contributed by atoms with E-state index in [-0.39, 0.29) is 6.03 Å². The van der Waals surface area contributed by atoms with Crippen molar-refractivity contribution >= 4 is 11.7 Å². The quantitative estimate of drug-likeness (QED) is 0.874. The minimum Gasteiger partial charge on any atom is -0.319 e. The van der Waals surface area contributed by atoms with Crippen LogP contribution in [0.15, 0.2) is 48.5 Å². The molecule has 0 radical (unpaired) electrons. The lowest BCUT2D eigenvalue weighted by molar-refractivity contribution is 0.202. The summed E-state index contributed by atoms with van der Waals surface area (Å²) in [5.41, 5.74) is 4.20. The summed E-state index contributed by atoms with van der Waals surface area (Å²) in [4.78, 5) is 16.8. The molecule has 0 bridgehead atoms. The molecule has 0 aliphatic heterocycles. The van der Waals surface area contributed by atoms with E-state index in [2.05, 4.69) is 22.3 Å². The third-order valence-corrected chi connectivity index (χ3v) is 4.03. The zero-order valence-corrected chi connectivity index (χ0v) is 15.0.